The molecular formula is C20H31BrIN3O2. The van der Waals surface area contributed by atoms with Gasteiger partial charge in [0.2, 0.25) is 0 Å². The summed E-state index contributed by atoms with van der Waals surface area (Å²) in [6.45, 7) is 8.62. The highest BCUT2D eigenvalue weighted by atomic mass is 127. The van der Waals surface area contributed by atoms with Gasteiger partial charge in [-0.25, -0.2) is 0 Å². The molecule has 152 valence electrons. The van der Waals surface area contributed by atoms with Crippen LogP contribution in [0.1, 0.15) is 32.3 Å². The van der Waals surface area contributed by atoms with Gasteiger partial charge in [-0.2, -0.15) is 0 Å². The van der Waals surface area contributed by atoms with Crippen molar-refractivity contribution in [3.05, 3.63) is 34.3 Å². The van der Waals surface area contributed by atoms with E-state index >= 15 is 0 Å². The Kier molecular flexibility index (Phi) is 8.83. The molecule has 1 aromatic rings. The van der Waals surface area contributed by atoms with E-state index in [-0.39, 0.29) is 41.6 Å². The molecule has 27 heavy (non-hydrogen) atoms. The number of benzene rings is 1. The number of aliphatic imine (C=N–C) groups is 1. The van der Waals surface area contributed by atoms with Crippen LogP contribution in [0, 0.1) is 0 Å². The number of rotatable bonds is 4. The molecule has 0 saturated carbocycles. The number of nitrogens with zero attached hydrogens (tertiary/aromatic N) is 2. The van der Waals surface area contributed by atoms with E-state index in [9.17, 15) is 0 Å². The highest BCUT2D eigenvalue weighted by Crippen LogP contribution is 2.25. The smallest absolute Gasteiger partial charge is 0.193 e. The normalized spacial score (nSPS) is 23.9. The molecule has 0 aromatic heterocycles. The van der Waals surface area contributed by atoms with Crippen LogP contribution in [0.25, 0.3) is 0 Å². The Balaban J connectivity index is 0.00000261. The van der Waals surface area contributed by atoms with Crippen molar-refractivity contribution in [2.75, 3.05) is 39.9 Å². The number of hydrogen-bond donors (Lipinski definition) is 1. The van der Waals surface area contributed by atoms with Gasteiger partial charge in [0.05, 0.1) is 12.7 Å². The largest absolute Gasteiger partial charge is 0.375 e. The van der Waals surface area contributed by atoms with Gasteiger partial charge in [0.25, 0.3) is 0 Å². The standard InChI is InChI=1S/C20H30BrN3O2.HI/c1-20(2,15-6-8-16(21)9-7-15)14-23-19(22-3)24-10-12-26-18(13-24)17-5-4-11-25-17;/h6-9,17-18H,4-5,10-14H2,1-3H3,(H,22,23);1H. The summed E-state index contributed by atoms with van der Waals surface area (Å²) in [4.78, 5) is 6.81. The van der Waals surface area contributed by atoms with Crippen molar-refractivity contribution in [1.82, 2.24) is 10.2 Å². The van der Waals surface area contributed by atoms with Gasteiger partial charge < -0.3 is 19.7 Å². The maximum atomic E-state index is 5.96. The molecule has 7 heteroatoms. The van der Waals surface area contributed by atoms with Crippen LogP contribution in [-0.4, -0.2) is 63.0 Å². The summed E-state index contributed by atoms with van der Waals surface area (Å²) < 4.78 is 12.9. The van der Waals surface area contributed by atoms with Gasteiger partial charge in [-0.1, -0.05) is 41.9 Å². The molecule has 2 heterocycles. The van der Waals surface area contributed by atoms with Crippen LogP contribution < -0.4 is 5.32 Å². The number of ether oxygens (including phenoxy) is 2. The summed E-state index contributed by atoms with van der Waals surface area (Å²) in [6, 6.07) is 8.55. The summed E-state index contributed by atoms with van der Waals surface area (Å²) in [7, 11) is 1.85. The van der Waals surface area contributed by atoms with Crippen molar-refractivity contribution in [2.24, 2.45) is 4.99 Å². The van der Waals surface area contributed by atoms with E-state index < -0.39 is 0 Å². The van der Waals surface area contributed by atoms with E-state index in [0.29, 0.717) is 0 Å². The van der Waals surface area contributed by atoms with Crippen molar-refractivity contribution in [3.63, 3.8) is 0 Å². The zero-order valence-corrected chi connectivity index (χ0v) is 20.3. The predicted molar refractivity (Wildman–Crippen MR) is 124 cm³/mol. The van der Waals surface area contributed by atoms with Gasteiger partial charge in [-0.15, -0.1) is 24.0 Å². The second-order valence-corrected chi connectivity index (χ2v) is 8.61. The number of morpholine rings is 1. The Morgan fingerprint density at radius 1 is 1.22 bits per heavy atom. The fraction of sp³-hybridized carbons (Fsp3) is 0.650. The average Bonchev–Trinajstić information content (AvgIpc) is 3.17. The third kappa shape index (κ3) is 6.05. The summed E-state index contributed by atoms with van der Waals surface area (Å²) in [6.07, 6.45) is 2.61. The first-order valence-corrected chi connectivity index (χ1v) is 10.2. The van der Waals surface area contributed by atoms with Gasteiger partial charge in [0.15, 0.2) is 5.96 Å². The van der Waals surface area contributed by atoms with E-state index in [4.69, 9.17) is 9.47 Å². The van der Waals surface area contributed by atoms with Crippen molar-refractivity contribution < 1.29 is 9.47 Å². The summed E-state index contributed by atoms with van der Waals surface area (Å²) in [5.41, 5.74) is 1.32. The number of hydrogen-bond acceptors (Lipinski definition) is 3. The first-order chi connectivity index (χ1) is 12.5. The van der Waals surface area contributed by atoms with E-state index in [0.717, 1.165) is 56.1 Å². The minimum Gasteiger partial charge on any atom is -0.375 e. The Bertz CT molecular complexity index is 618. The first kappa shape index (κ1) is 22.9. The Morgan fingerprint density at radius 2 is 1.93 bits per heavy atom. The quantitative estimate of drug-likeness (QED) is 0.351. The number of guanidine groups is 1. The molecule has 0 amide bonds. The number of nitrogens with one attached hydrogen (secondary N) is 1. The maximum Gasteiger partial charge on any atom is 0.193 e. The predicted octanol–water partition coefficient (Wildman–Crippen LogP) is 3.80. The average molecular weight is 552 g/mol. The van der Waals surface area contributed by atoms with Crippen molar-refractivity contribution in [2.45, 2.75) is 44.3 Å². The monoisotopic (exact) mass is 551 g/mol. The lowest BCUT2D eigenvalue weighted by Gasteiger charge is -2.38. The van der Waals surface area contributed by atoms with Crippen LogP contribution in [0.2, 0.25) is 0 Å². The molecule has 1 aromatic carbocycles. The van der Waals surface area contributed by atoms with Crippen molar-refractivity contribution in [3.8, 4) is 0 Å². The molecule has 0 bridgehead atoms. The highest BCUT2D eigenvalue weighted by Gasteiger charge is 2.32. The second-order valence-electron chi connectivity index (χ2n) is 7.70. The topological polar surface area (TPSA) is 46.1 Å². The van der Waals surface area contributed by atoms with Gasteiger partial charge in [-0.3, -0.25) is 4.99 Å². The SMILES string of the molecule is CN=C(NCC(C)(C)c1ccc(Br)cc1)N1CCOC(C2CCCO2)C1.I. The zero-order valence-electron chi connectivity index (χ0n) is 16.4. The lowest BCUT2D eigenvalue weighted by atomic mass is 9.85. The molecule has 2 fully saturated rings. The molecule has 2 atom stereocenters. The number of halogens is 2. The van der Waals surface area contributed by atoms with Crippen LogP contribution in [0.15, 0.2) is 33.7 Å². The Labute approximate surface area is 188 Å². The summed E-state index contributed by atoms with van der Waals surface area (Å²) in [5.74, 6) is 0.946. The van der Waals surface area contributed by atoms with E-state index in [1.165, 1.54) is 5.56 Å². The molecule has 5 nitrogen and oxygen atoms in total. The Morgan fingerprint density at radius 3 is 2.56 bits per heavy atom. The van der Waals surface area contributed by atoms with Crippen LogP contribution in [0.5, 0.6) is 0 Å². The van der Waals surface area contributed by atoms with E-state index in [2.05, 4.69) is 69.3 Å². The highest BCUT2D eigenvalue weighted by molar-refractivity contribution is 14.0. The van der Waals surface area contributed by atoms with Crippen molar-refractivity contribution >= 4 is 45.9 Å². The van der Waals surface area contributed by atoms with Crippen molar-refractivity contribution in [1.29, 1.82) is 0 Å². The molecular weight excluding hydrogens is 521 g/mol. The molecule has 2 unspecified atom stereocenters. The maximum absolute atomic E-state index is 5.96. The summed E-state index contributed by atoms with van der Waals surface area (Å²) >= 11 is 3.51. The molecule has 0 spiro atoms. The third-order valence-corrected chi connectivity index (χ3v) is 5.83. The van der Waals surface area contributed by atoms with Gasteiger partial charge >= 0.3 is 0 Å². The lowest BCUT2D eigenvalue weighted by Crippen LogP contribution is -2.54. The lowest BCUT2D eigenvalue weighted by molar-refractivity contribution is -0.0817. The molecule has 1 N–H and O–H groups in total. The summed E-state index contributed by atoms with van der Waals surface area (Å²) in [5, 5.41) is 3.57. The molecule has 2 aliphatic rings. The van der Waals surface area contributed by atoms with Crippen LogP contribution >= 0.6 is 39.9 Å². The minimum atomic E-state index is 0. The minimum absolute atomic E-state index is 0. The zero-order chi connectivity index (χ0) is 18.6. The van der Waals surface area contributed by atoms with Gasteiger partial charge in [0, 0.05) is 43.2 Å². The van der Waals surface area contributed by atoms with Crippen LogP contribution in [0.4, 0.5) is 0 Å². The third-order valence-electron chi connectivity index (χ3n) is 5.30. The Hall–Kier alpha value is -0.380. The van der Waals surface area contributed by atoms with Crippen LogP contribution in [0.3, 0.4) is 0 Å². The first-order valence-electron chi connectivity index (χ1n) is 9.44. The van der Waals surface area contributed by atoms with Gasteiger partial charge in [-0.05, 0) is 30.5 Å². The fourth-order valence-electron chi connectivity index (χ4n) is 3.62. The van der Waals surface area contributed by atoms with E-state index in [1.54, 1.807) is 0 Å². The molecule has 2 aliphatic heterocycles. The molecule has 2 saturated heterocycles. The second kappa shape index (κ2) is 10.4. The molecule has 0 aliphatic carbocycles. The van der Waals surface area contributed by atoms with Gasteiger partial charge in [0.1, 0.15) is 6.10 Å². The molecule has 0 radical (unpaired) electrons. The molecule has 3 rings (SSSR count). The van der Waals surface area contributed by atoms with E-state index in [1.807, 2.05) is 7.05 Å². The van der Waals surface area contributed by atoms with Crippen LogP contribution in [-0.2, 0) is 14.9 Å². The fourth-order valence-corrected chi connectivity index (χ4v) is 3.89.